The van der Waals surface area contributed by atoms with Crippen molar-refractivity contribution in [1.29, 1.82) is 5.26 Å². The molecule has 0 saturated carbocycles. The second kappa shape index (κ2) is 5.55. The molecule has 4 heteroatoms. The third-order valence-corrected chi connectivity index (χ3v) is 3.97. The molecule has 1 aliphatic rings. The molecular weight excluding hydrogens is 265 g/mol. The van der Waals surface area contributed by atoms with Gasteiger partial charge in [0.2, 0.25) is 0 Å². The van der Waals surface area contributed by atoms with Gasteiger partial charge < -0.3 is 5.73 Å². The van der Waals surface area contributed by atoms with E-state index in [0.29, 0.717) is 12.1 Å². The number of anilines is 1. The van der Waals surface area contributed by atoms with E-state index < -0.39 is 0 Å². The summed E-state index contributed by atoms with van der Waals surface area (Å²) in [5, 5.41) is 9.12. The fraction of sp³-hybridized carbons (Fsp3) is 0.235. The Balaban J connectivity index is 1.82. The van der Waals surface area contributed by atoms with Gasteiger partial charge in [0.1, 0.15) is 5.82 Å². The molecule has 0 aliphatic carbocycles. The van der Waals surface area contributed by atoms with Crippen LogP contribution in [-0.4, -0.2) is 11.4 Å². The van der Waals surface area contributed by atoms with E-state index in [2.05, 4.69) is 17.0 Å². The van der Waals surface area contributed by atoms with Crippen LogP contribution in [0.15, 0.2) is 36.4 Å². The number of rotatable bonds is 2. The lowest BCUT2D eigenvalue weighted by atomic mass is 9.97. The maximum absolute atomic E-state index is 13.2. The third kappa shape index (κ3) is 2.74. The maximum atomic E-state index is 13.2. The Morgan fingerprint density at radius 2 is 2.14 bits per heavy atom. The van der Waals surface area contributed by atoms with Crippen LogP contribution in [0.3, 0.4) is 0 Å². The molecular formula is C17H16FN3. The van der Waals surface area contributed by atoms with Crippen LogP contribution in [0.4, 0.5) is 10.1 Å². The van der Waals surface area contributed by atoms with Crippen LogP contribution in [-0.2, 0) is 19.5 Å². The minimum atomic E-state index is -0.372. The zero-order valence-corrected chi connectivity index (χ0v) is 11.6. The minimum absolute atomic E-state index is 0.372. The van der Waals surface area contributed by atoms with Gasteiger partial charge in [-0.1, -0.05) is 18.2 Å². The highest BCUT2D eigenvalue weighted by Crippen LogP contribution is 2.25. The molecule has 0 fully saturated rings. The van der Waals surface area contributed by atoms with E-state index in [1.165, 1.54) is 23.3 Å². The molecule has 2 aromatic rings. The van der Waals surface area contributed by atoms with Gasteiger partial charge in [0.15, 0.2) is 0 Å². The van der Waals surface area contributed by atoms with Gasteiger partial charge >= 0.3 is 0 Å². The average Bonchev–Trinajstić information content (AvgIpc) is 2.50. The van der Waals surface area contributed by atoms with Crippen molar-refractivity contribution in [3.05, 3.63) is 64.5 Å². The standard InChI is InChI=1S/C17H16FN3/c18-15-5-4-13(14(8-15)9-19)10-21-7-6-12-2-1-3-17(20)16(12)11-21/h1-5,8H,6-7,10-11,20H2. The van der Waals surface area contributed by atoms with Crippen molar-refractivity contribution in [2.24, 2.45) is 0 Å². The molecule has 0 radical (unpaired) electrons. The molecule has 1 heterocycles. The number of nitrogens with zero attached hydrogens (tertiary/aromatic N) is 2. The lowest BCUT2D eigenvalue weighted by Crippen LogP contribution is -2.30. The summed E-state index contributed by atoms with van der Waals surface area (Å²) in [5.74, 6) is -0.372. The van der Waals surface area contributed by atoms with Gasteiger partial charge in [-0.05, 0) is 41.3 Å². The highest BCUT2D eigenvalue weighted by Gasteiger charge is 2.19. The van der Waals surface area contributed by atoms with Crippen LogP contribution < -0.4 is 5.73 Å². The first-order valence-corrected chi connectivity index (χ1v) is 6.94. The molecule has 2 N–H and O–H groups in total. The molecule has 0 aromatic heterocycles. The van der Waals surface area contributed by atoms with Crippen molar-refractivity contribution in [3.8, 4) is 6.07 Å². The quantitative estimate of drug-likeness (QED) is 0.861. The Kier molecular flexibility index (Phi) is 3.59. The minimum Gasteiger partial charge on any atom is -0.398 e. The van der Waals surface area contributed by atoms with Crippen LogP contribution in [0.25, 0.3) is 0 Å². The van der Waals surface area contributed by atoms with E-state index in [-0.39, 0.29) is 5.82 Å². The van der Waals surface area contributed by atoms with E-state index in [1.54, 1.807) is 6.07 Å². The number of fused-ring (bicyclic) bond motifs is 1. The van der Waals surface area contributed by atoms with Crippen molar-refractivity contribution in [1.82, 2.24) is 4.90 Å². The molecule has 0 unspecified atom stereocenters. The normalized spacial score (nSPS) is 14.5. The molecule has 0 amide bonds. The second-order valence-electron chi connectivity index (χ2n) is 5.36. The summed E-state index contributed by atoms with van der Waals surface area (Å²) in [6.07, 6.45) is 0.948. The van der Waals surface area contributed by atoms with E-state index in [1.807, 2.05) is 12.1 Å². The molecule has 0 atom stereocenters. The van der Waals surface area contributed by atoms with Gasteiger partial charge in [0.05, 0.1) is 11.6 Å². The number of hydrogen-bond donors (Lipinski definition) is 1. The molecule has 3 nitrogen and oxygen atoms in total. The fourth-order valence-electron chi connectivity index (χ4n) is 2.83. The first-order chi connectivity index (χ1) is 10.2. The summed E-state index contributed by atoms with van der Waals surface area (Å²) in [4.78, 5) is 2.24. The SMILES string of the molecule is N#Cc1cc(F)ccc1CN1CCc2cccc(N)c2C1. The summed E-state index contributed by atoms with van der Waals surface area (Å²) in [6.45, 7) is 2.32. The Hall–Kier alpha value is -2.38. The van der Waals surface area contributed by atoms with E-state index >= 15 is 0 Å². The lowest BCUT2D eigenvalue weighted by molar-refractivity contribution is 0.246. The molecule has 0 saturated heterocycles. The largest absolute Gasteiger partial charge is 0.398 e. The van der Waals surface area contributed by atoms with Crippen molar-refractivity contribution in [2.45, 2.75) is 19.5 Å². The van der Waals surface area contributed by atoms with Crippen LogP contribution in [0.2, 0.25) is 0 Å². The summed E-state index contributed by atoms with van der Waals surface area (Å²) >= 11 is 0. The van der Waals surface area contributed by atoms with Gasteiger partial charge in [0, 0.05) is 25.3 Å². The highest BCUT2D eigenvalue weighted by molar-refractivity contribution is 5.51. The Morgan fingerprint density at radius 3 is 2.95 bits per heavy atom. The fourth-order valence-corrected chi connectivity index (χ4v) is 2.83. The number of benzene rings is 2. The number of nitrogen functional groups attached to an aromatic ring is 1. The Labute approximate surface area is 123 Å². The van der Waals surface area contributed by atoms with E-state index in [0.717, 1.165) is 30.8 Å². The van der Waals surface area contributed by atoms with Crippen molar-refractivity contribution in [2.75, 3.05) is 12.3 Å². The van der Waals surface area contributed by atoms with Crippen LogP contribution in [0.1, 0.15) is 22.3 Å². The number of halogens is 1. The van der Waals surface area contributed by atoms with Crippen molar-refractivity contribution in [3.63, 3.8) is 0 Å². The molecule has 106 valence electrons. The second-order valence-corrected chi connectivity index (χ2v) is 5.36. The van der Waals surface area contributed by atoms with E-state index in [9.17, 15) is 4.39 Å². The predicted octanol–water partition coefficient (Wildman–Crippen LogP) is 2.84. The number of hydrogen-bond acceptors (Lipinski definition) is 3. The van der Waals surface area contributed by atoms with Crippen LogP contribution >= 0.6 is 0 Å². The van der Waals surface area contributed by atoms with Crippen molar-refractivity contribution >= 4 is 5.69 Å². The number of nitrogens with two attached hydrogens (primary N) is 1. The summed E-state index contributed by atoms with van der Waals surface area (Å²) in [7, 11) is 0. The summed E-state index contributed by atoms with van der Waals surface area (Å²) in [6, 6.07) is 12.5. The third-order valence-electron chi connectivity index (χ3n) is 3.97. The zero-order valence-electron chi connectivity index (χ0n) is 11.6. The smallest absolute Gasteiger partial charge is 0.124 e. The van der Waals surface area contributed by atoms with Gasteiger partial charge in [-0.3, -0.25) is 4.90 Å². The predicted molar refractivity (Wildman–Crippen MR) is 79.8 cm³/mol. The van der Waals surface area contributed by atoms with Gasteiger partial charge in [-0.15, -0.1) is 0 Å². The first-order valence-electron chi connectivity index (χ1n) is 6.94. The van der Waals surface area contributed by atoms with Crippen molar-refractivity contribution < 1.29 is 4.39 Å². The summed E-state index contributed by atoms with van der Waals surface area (Å²) in [5.41, 5.74) is 10.6. The van der Waals surface area contributed by atoms with Crippen LogP contribution in [0, 0.1) is 17.1 Å². The Bertz CT molecular complexity index is 718. The molecule has 3 rings (SSSR count). The summed E-state index contributed by atoms with van der Waals surface area (Å²) < 4.78 is 13.2. The molecule has 0 bridgehead atoms. The van der Waals surface area contributed by atoms with Crippen LogP contribution in [0.5, 0.6) is 0 Å². The van der Waals surface area contributed by atoms with Gasteiger partial charge in [0.25, 0.3) is 0 Å². The van der Waals surface area contributed by atoms with Gasteiger partial charge in [-0.2, -0.15) is 5.26 Å². The molecule has 1 aliphatic heterocycles. The highest BCUT2D eigenvalue weighted by atomic mass is 19.1. The topological polar surface area (TPSA) is 53.0 Å². The maximum Gasteiger partial charge on any atom is 0.124 e. The molecule has 21 heavy (non-hydrogen) atoms. The van der Waals surface area contributed by atoms with Gasteiger partial charge in [-0.25, -0.2) is 4.39 Å². The van der Waals surface area contributed by atoms with E-state index in [4.69, 9.17) is 11.0 Å². The Morgan fingerprint density at radius 1 is 1.29 bits per heavy atom. The first kappa shape index (κ1) is 13.6. The average molecular weight is 281 g/mol. The monoisotopic (exact) mass is 281 g/mol. The number of nitriles is 1. The molecule has 0 spiro atoms. The lowest BCUT2D eigenvalue weighted by Gasteiger charge is -2.29. The zero-order chi connectivity index (χ0) is 14.8. The molecule has 2 aromatic carbocycles.